The maximum atomic E-state index is 10.9. The lowest BCUT2D eigenvalue weighted by molar-refractivity contribution is -0.384. The van der Waals surface area contributed by atoms with Crippen molar-refractivity contribution in [2.75, 3.05) is 6.61 Å². The van der Waals surface area contributed by atoms with Gasteiger partial charge in [-0.15, -0.1) is 0 Å². The third-order valence-corrected chi connectivity index (χ3v) is 4.88. The highest BCUT2D eigenvalue weighted by molar-refractivity contribution is 5.78. The lowest BCUT2D eigenvalue weighted by Crippen LogP contribution is -2.24. The van der Waals surface area contributed by atoms with Gasteiger partial charge in [0.1, 0.15) is 6.10 Å². The van der Waals surface area contributed by atoms with Crippen molar-refractivity contribution >= 4 is 5.69 Å². The number of aliphatic hydroxyl groups is 2. The SMILES string of the molecule is O=[N+]([O-])c1ccc2c(c1)Cc1cc(C3C[C@H](O)[C@@H](CO)O3)ccc1-2. The molecule has 2 aliphatic rings. The highest BCUT2D eigenvalue weighted by Gasteiger charge is 2.34. The number of aliphatic hydroxyl groups excluding tert-OH is 2. The Morgan fingerprint density at radius 1 is 1.17 bits per heavy atom. The Hall–Kier alpha value is -2.28. The summed E-state index contributed by atoms with van der Waals surface area (Å²) in [5, 5.41) is 30.0. The Kier molecular flexibility index (Phi) is 3.60. The van der Waals surface area contributed by atoms with Gasteiger partial charge in [0, 0.05) is 18.6 Å². The first-order valence-corrected chi connectivity index (χ1v) is 7.91. The van der Waals surface area contributed by atoms with E-state index in [0.717, 1.165) is 27.8 Å². The number of fused-ring (bicyclic) bond motifs is 3. The minimum Gasteiger partial charge on any atom is -0.394 e. The number of nitro groups is 1. The number of benzene rings is 2. The first kappa shape index (κ1) is 15.3. The van der Waals surface area contributed by atoms with Crippen LogP contribution in [0.1, 0.15) is 29.2 Å². The molecule has 0 aromatic heterocycles. The van der Waals surface area contributed by atoms with E-state index in [2.05, 4.69) is 0 Å². The average molecular weight is 327 g/mol. The van der Waals surface area contributed by atoms with Crippen molar-refractivity contribution in [2.24, 2.45) is 0 Å². The molecule has 0 saturated carbocycles. The Labute approximate surface area is 138 Å². The molecule has 0 spiro atoms. The van der Waals surface area contributed by atoms with Gasteiger partial charge in [-0.05, 0) is 40.3 Å². The minimum absolute atomic E-state index is 0.106. The number of nitro benzene ring substituents is 1. The molecule has 1 heterocycles. The molecule has 4 rings (SSSR count). The molecule has 124 valence electrons. The summed E-state index contributed by atoms with van der Waals surface area (Å²) in [6.45, 7) is -0.197. The van der Waals surface area contributed by atoms with Crippen LogP contribution in [0, 0.1) is 10.1 Å². The van der Waals surface area contributed by atoms with Crippen LogP contribution in [0.4, 0.5) is 5.69 Å². The molecule has 24 heavy (non-hydrogen) atoms. The summed E-state index contributed by atoms with van der Waals surface area (Å²) in [6.07, 6.45) is -0.321. The number of ether oxygens (including phenoxy) is 1. The lowest BCUT2D eigenvalue weighted by Gasteiger charge is -2.13. The summed E-state index contributed by atoms with van der Waals surface area (Å²) in [6, 6.07) is 11.0. The van der Waals surface area contributed by atoms with Gasteiger partial charge in [0.05, 0.1) is 23.7 Å². The van der Waals surface area contributed by atoms with Crippen LogP contribution in [0.2, 0.25) is 0 Å². The molecule has 6 heteroatoms. The van der Waals surface area contributed by atoms with Crippen LogP contribution in [-0.4, -0.2) is 34.0 Å². The second-order valence-electron chi connectivity index (χ2n) is 6.34. The zero-order chi connectivity index (χ0) is 16.8. The molecule has 1 aliphatic heterocycles. The van der Waals surface area contributed by atoms with Gasteiger partial charge in [-0.3, -0.25) is 10.1 Å². The van der Waals surface area contributed by atoms with Crippen LogP contribution in [0.25, 0.3) is 11.1 Å². The molecular formula is C18H17NO5. The molecule has 1 saturated heterocycles. The summed E-state index contributed by atoms with van der Waals surface area (Å²) in [5.74, 6) is 0. The molecule has 2 aromatic rings. The van der Waals surface area contributed by atoms with E-state index >= 15 is 0 Å². The summed E-state index contributed by atoms with van der Waals surface area (Å²) in [5.41, 5.74) is 5.25. The quantitative estimate of drug-likeness (QED) is 0.569. The highest BCUT2D eigenvalue weighted by Crippen LogP contribution is 2.41. The molecule has 0 bridgehead atoms. The van der Waals surface area contributed by atoms with E-state index in [9.17, 15) is 20.3 Å². The maximum Gasteiger partial charge on any atom is 0.269 e. The van der Waals surface area contributed by atoms with Crippen LogP contribution in [-0.2, 0) is 11.2 Å². The number of hydrogen-bond acceptors (Lipinski definition) is 5. The summed E-state index contributed by atoms with van der Waals surface area (Å²) >= 11 is 0. The molecule has 0 amide bonds. The zero-order valence-electron chi connectivity index (χ0n) is 12.9. The van der Waals surface area contributed by atoms with Crippen LogP contribution in [0.15, 0.2) is 36.4 Å². The smallest absolute Gasteiger partial charge is 0.269 e. The molecule has 6 nitrogen and oxygen atoms in total. The van der Waals surface area contributed by atoms with Crippen molar-refractivity contribution in [3.8, 4) is 11.1 Å². The molecule has 1 fully saturated rings. The second-order valence-corrected chi connectivity index (χ2v) is 6.34. The zero-order valence-corrected chi connectivity index (χ0v) is 12.9. The molecular weight excluding hydrogens is 310 g/mol. The summed E-state index contributed by atoms with van der Waals surface area (Å²) < 4.78 is 5.71. The molecule has 1 aliphatic carbocycles. The number of non-ortho nitro benzene ring substituents is 1. The van der Waals surface area contributed by atoms with E-state index in [1.54, 1.807) is 12.1 Å². The van der Waals surface area contributed by atoms with Crippen molar-refractivity contribution in [1.82, 2.24) is 0 Å². The molecule has 3 atom stereocenters. The topological polar surface area (TPSA) is 92.8 Å². The number of rotatable bonds is 3. The minimum atomic E-state index is -0.659. The molecule has 1 unspecified atom stereocenters. The summed E-state index contributed by atoms with van der Waals surface area (Å²) in [4.78, 5) is 10.6. The Morgan fingerprint density at radius 3 is 2.54 bits per heavy atom. The van der Waals surface area contributed by atoms with E-state index in [1.165, 1.54) is 6.07 Å². The first-order valence-electron chi connectivity index (χ1n) is 7.91. The van der Waals surface area contributed by atoms with Crippen molar-refractivity contribution in [2.45, 2.75) is 31.2 Å². The third kappa shape index (κ3) is 2.39. The third-order valence-electron chi connectivity index (χ3n) is 4.88. The van der Waals surface area contributed by atoms with Crippen LogP contribution >= 0.6 is 0 Å². The van der Waals surface area contributed by atoms with E-state index < -0.39 is 12.2 Å². The molecule has 0 radical (unpaired) electrons. The van der Waals surface area contributed by atoms with E-state index in [-0.39, 0.29) is 23.3 Å². The van der Waals surface area contributed by atoms with Crippen molar-refractivity contribution in [3.05, 3.63) is 63.2 Å². The van der Waals surface area contributed by atoms with Gasteiger partial charge >= 0.3 is 0 Å². The summed E-state index contributed by atoms with van der Waals surface area (Å²) in [7, 11) is 0. The molecule has 2 N–H and O–H groups in total. The van der Waals surface area contributed by atoms with Crippen molar-refractivity contribution in [3.63, 3.8) is 0 Å². The number of hydrogen-bond donors (Lipinski definition) is 2. The Morgan fingerprint density at radius 2 is 1.88 bits per heavy atom. The van der Waals surface area contributed by atoms with Gasteiger partial charge in [-0.2, -0.15) is 0 Å². The first-order chi connectivity index (χ1) is 11.6. The highest BCUT2D eigenvalue weighted by atomic mass is 16.6. The van der Waals surface area contributed by atoms with Crippen LogP contribution < -0.4 is 0 Å². The van der Waals surface area contributed by atoms with Gasteiger partial charge < -0.3 is 14.9 Å². The lowest BCUT2D eigenvalue weighted by atomic mass is 9.99. The normalized spacial score (nSPS) is 24.7. The van der Waals surface area contributed by atoms with Gasteiger partial charge in [0.25, 0.3) is 5.69 Å². The largest absolute Gasteiger partial charge is 0.394 e. The second kappa shape index (κ2) is 5.66. The van der Waals surface area contributed by atoms with Gasteiger partial charge in [0.15, 0.2) is 0 Å². The Bertz CT molecular complexity index is 819. The Balaban J connectivity index is 1.64. The van der Waals surface area contributed by atoms with Crippen LogP contribution in [0.5, 0.6) is 0 Å². The standard InChI is InChI=1S/C18H17NO5/c20-9-18-16(21)8-17(24-18)10-1-3-14-11(5-10)6-12-7-13(19(22)23)2-4-15(12)14/h1-5,7,16-18,20-21H,6,8-9H2/t16-,17?,18+/m0/s1. The number of nitrogens with zero attached hydrogens (tertiary/aromatic N) is 1. The van der Waals surface area contributed by atoms with E-state index in [0.29, 0.717) is 12.8 Å². The van der Waals surface area contributed by atoms with Gasteiger partial charge in [0.2, 0.25) is 0 Å². The van der Waals surface area contributed by atoms with Gasteiger partial charge in [-0.25, -0.2) is 0 Å². The maximum absolute atomic E-state index is 10.9. The van der Waals surface area contributed by atoms with Crippen molar-refractivity contribution < 1.29 is 19.9 Å². The van der Waals surface area contributed by atoms with E-state index in [1.807, 2.05) is 18.2 Å². The fraction of sp³-hybridized carbons (Fsp3) is 0.333. The fourth-order valence-electron chi connectivity index (χ4n) is 3.64. The predicted octanol–water partition coefficient (Wildman–Crippen LogP) is 2.35. The average Bonchev–Trinajstić information content (AvgIpc) is 3.13. The van der Waals surface area contributed by atoms with Gasteiger partial charge in [-0.1, -0.05) is 18.2 Å². The monoisotopic (exact) mass is 327 g/mol. The fourth-order valence-corrected chi connectivity index (χ4v) is 3.64. The van der Waals surface area contributed by atoms with E-state index in [4.69, 9.17) is 4.74 Å². The predicted molar refractivity (Wildman–Crippen MR) is 86.7 cm³/mol. The van der Waals surface area contributed by atoms with Crippen molar-refractivity contribution in [1.29, 1.82) is 0 Å². The molecule has 2 aromatic carbocycles. The van der Waals surface area contributed by atoms with Crippen LogP contribution in [0.3, 0.4) is 0 Å².